The van der Waals surface area contributed by atoms with Crippen LogP contribution in [-0.2, 0) is 4.79 Å². The van der Waals surface area contributed by atoms with Crippen LogP contribution in [0.25, 0.3) is 0 Å². The number of fused-ring (bicyclic) bond motifs is 3. The van der Waals surface area contributed by atoms with Gasteiger partial charge in [-0.25, -0.2) is 0 Å². The van der Waals surface area contributed by atoms with Gasteiger partial charge in [0.2, 0.25) is 0 Å². The molecule has 1 saturated carbocycles. The quantitative estimate of drug-likeness (QED) is 0.607. The number of carbonyl (C=O) groups excluding carboxylic acids is 1. The molecule has 3 atom stereocenters. The van der Waals surface area contributed by atoms with Crippen LogP contribution in [0.3, 0.4) is 0 Å². The molecule has 0 saturated heterocycles. The first kappa shape index (κ1) is 22.0. The topological polar surface area (TPSA) is 61.4 Å². The van der Waals surface area contributed by atoms with Crippen molar-refractivity contribution in [1.82, 2.24) is 5.32 Å². The smallest absolute Gasteiger partial charge is 0.251 e. The summed E-state index contributed by atoms with van der Waals surface area (Å²) in [6.07, 6.45) is 9.71. The van der Waals surface area contributed by atoms with Crippen molar-refractivity contribution in [2.75, 3.05) is 18.5 Å². The standard InChI is InChI=1S/C27H36N2O2/c1-18(2)21-11-13-27(3)14-12-22-23(25(21)27)10-9-19(17-24(22)28-15-16-30)26(31)29-20-7-5-4-6-8-20/h4-10,18,22,24,28,30H,11-17H2,1-3H3,(H,29,31). The molecule has 0 heterocycles. The van der Waals surface area contributed by atoms with Crippen molar-refractivity contribution in [2.24, 2.45) is 17.3 Å². The molecule has 3 aliphatic carbocycles. The van der Waals surface area contributed by atoms with E-state index < -0.39 is 0 Å². The van der Waals surface area contributed by atoms with E-state index >= 15 is 0 Å². The van der Waals surface area contributed by atoms with Crippen molar-refractivity contribution in [3.8, 4) is 0 Å². The average molecular weight is 421 g/mol. The van der Waals surface area contributed by atoms with E-state index in [0.717, 1.165) is 17.7 Å². The summed E-state index contributed by atoms with van der Waals surface area (Å²) < 4.78 is 0. The molecule has 0 spiro atoms. The van der Waals surface area contributed by atoms with Gasteiger partial charge in [0.05, 0.1) is 6.61 Å². The molecule has 3 unspecified atom stereocenters. The van der Waals surface area contributed by atoms with Gasteiger partial charge in [-0.1, -0.05) is 56.7 Å². The molecule has 4 nitrogen and oxygen atoms in total. The second-order valence-electron chi connectivity index (χ2n) is 9.88. The largest absolute Gasteiger partial charge is 0.395 e. The fraction of sp³-hybridized carbons (Fsp3) is 0.519. The molecule has 0 radical (unpaired) electrons. The highest BCUT2D eigenvalue weighted by Crippen LogP contribution is 2.57. The van der Waals surface area contributed by atoms with E-state index in [0.29, 0.717) is 24.8 Å². The molecule has 1 fully saturated rings. The third-order valence-corrected chi connectivity index (χ3v) is 7.49. The number of rotatable bonds is 6. The number of aliphatic hydroxyl groups is 1. The third kappa shape index (κ3) is 4.42. The minimum Gasteiger partial charge on any atom is -0.395 e. The number of para-hydroxylation sites is 1. The summed E-state index contributed by atoms with van der Waals surface area (Å²) in [5, 5.41) is 16.1. The molecule has 166 valence electrons. The number of aliphatic hydroxyl groups excluding tert-OH is 1. The van der Waals surface area contributed by atoms with Gasteiger partial charge in [-0.15, -0.1) is 0 Å². The molecule has 0 bridgehead atoms. The normalized spacial score (nSPS) is 27.9. The molecule has 0 aromatic heterocycles. The predicted octanol–water partition coefficient (Wildman–Crippen LogP) is 4.99. The van der Waals surface area contributed by atoms with Crippen molar-refractivity contribution in [2.45, 2.75) is 58.9 Å². The molecule has 1 aromatic rings. The van der Waals surface area contributed by atoms with E-state index in [-0.39, 0.29) is 24.0 Å². The fourth-order valence-corrected chi connectivity index (χ4v) is 5.85. The van der Waals surface area contributed by atoms with Gasteiger partial charge in [0.15, 0.2) is 0 Å². The lowest BCUT2D eigenvalue weighted by molar-refractivity contribution is -0.113. The number of anilines is 1. The first-order chi connectivity index (χ1) is 14.9. The Morgan fingerprint density at radius 2 is 1.97 bits per heavy atom. The highest BCUT2D eigenvalue weighted by Gasteiger charge is 2.46. The Bertz CT molecular complexity index is 912. The zero-order valence-corrected chi connectivity index (χ0v) is 19.1. The lowest BCUT2D eigenvalue weighted by Crippen LogP contribution is -2.42. The minimum atomic E-state index is -0.0373. The van der Waals surface area contributed by atoms with Crippen LogP contribution >= 0.6 is 0 Å². The van der Waals surface area contributed by atoms with Crippen molar-refractivity contribution < 1.29 is 9.90 Å². The Hall–Kier alpha value is -2.17. The van der Waals surface area contributed by atoms with Crippen LogP contribution in [0.1, 0.15) is 52.9 Å². The predicted molar refractivity (Wildman–Crippen MR) is 127 cm³/mol. The van der Waals surface area contributed by atoms with Gasteiger partial charge in [0.1, 0.15) is 0 Å². The Morgan fingerprint density at radius 1 is 1.19 bits per heavy atom. The van der Waals surface area contributed by atoms with Gasteiger partial charge in [-0.3, -0.25) is 4.79 Å². The summed E-state index contributed by atoms with van der Waals surface area (Å²) in [5.74, 6) is 0.887. The zero-order valence-electron chi connectivity index (χ0n) is 19.1. The number of amides is 1. The van der Waals surface area contributed by atoms with Gasteiger partial charge in [-0.2, -0.15) is 0 Å². The monoisotopic (exact) mass is 420 g/mol. The maximum absolute atomic E-state index is 13.1. The lowest BCUT2D eigenvalue weighted by atomic mass is 9.64. The van der Waals surface area contributed by atoms with Crippen LogP contribution in [0, 0.1) is 17.3 Å². The van der Waals surface area contributed by atoms with Crippen molar-refractivity contribution >= 4 is 11.6 Å². The van der Waals surface area contributed by atoms with Crippen LogP contribution < -0.4 is 10.6 Å². The maximum Gasteiger partial charge on any atom is 0.251 e. The molecular formula is C27H36N2O2. The third-order valence-electron chi connectivity index (χ3n) is 7.49. The Morgan fingerprint density at radius 3 is 2.68 bits per heavy atom. The number of nitrogens with one attached hydrogen (secondary N) is 2. The first-order valence-corrected chi connectivity index (χ1v) is 11.8. The van der Waals surface area contributed by atoms with Crippen molar-refractivity contribution in [3.63, 3.8) is 0 Å². The zero-order chi connectivity index (χ0) is 22.0. The Labute approximate surface area is 186 Å². The highest BCUT2D eigenvalue weighted by molar-refractivity contribution is 6.04. The first-order valence-electron chi connectivity index (χ1n) is 11.8. The summed E-state index contributed by atoms with van der Waals surface area (Å²) in [6.45, 7) is 7.71. The van der Waals surface area contributed by atoms with Crippen LogP contribution in [0.15, 0.2) is 64.8 Å². The maximum atomic E-state index is 13.1. The second-order valence-corrected chi connectivity index (χ2v) is 9.88. The van der Waals surface area contributed by atoms with Crippen molar-refractivity contribution in [3.05, 3.63) is 64.8 Å². The lowest BCUT2D eigenvalue weighted by Gasteiger charge is -2.42. The van der Waals surface area contributed by atoms with E-state index in [1.165, 1.54) is 24.8 Å². The molecular weight excluding hydrogens is 384 g/mol. The van der Waals surface area contributed by atoms with E-state index in [9.17, 15) is 9.90 Å². The summed E-state index contributed by atoms with van der Waals surface area (Å²) >= 11 is 0. The number of hydrogen-bond acceptors (Lipinski definition) is 3. The Balaban J connectivity index is 1.70. The molecule has 4 heteroatoms. The fourth-order valence-electron chi connectivity index (χ4n) is 5.85. The van der Waals surface area contributed by atoms with E-state index in [1.54, 1.807) is 11.1 Å². The summed E-state index contributed by atoms with van der Waals surface area (Å²) in [6, 6.07) is 9.79. The number of carbonyl (C=O) groups is 1. The molecule has 31 heavy (non-hydrogen) atoms. The number of benzene rings is 1. The number of allylic oxidation sites excluding steroid dienone is 4. The van der Waals surface area contributed by atoms with Crippen LogP contribution in [0.2, 0.25) is 0 Å². The molecule has 3 N–H and O–H groups in total. The molecule has 1 amide bonds. The summed E-state index contributed by atoms with van der Waals surface area (Å²) in [4.78, 5) is 13.1. The SMILES string of the molecule is CC(C)C1=C2C3=CC=C(C(=O)Nc4ccccc4)CC(NCCO)C3CCC2(C)CC1. The van der Waals surface area contributed by atoms with Gasteiger partial charge >= 0.3 is 0 Å². The number of hydrogen-bond donors (Lipinski definition) is 3. The minimum absolute atomic E-state index is 0.0373. The summed E-state index contributed by atoms with van der Waals surface area (Å²) in [5.41, 5.74) is 6.46. The van der Waals surface area contributed by atoms with Crippen LogP contribution in [0.4, 0.5) is 5.69 Å². The van der Waals surface area contributed by atoms with Crippen molar-refractivity contribution in [1.29, 1.82) is 0 Å². The second kappa shape index (κ2) is 9.13. The van der Waals surface area contributed by atoms with Gasteiger partial charge in [-0.05, 0) is 72.6 Å². The average Bonchev–Trinajstić information content (AvgIpc) is 3.01. The molecule has 0 aliphatic heterocycles. The van der Waals surface area contributed by atoms with Crippen LogP contribution in [0.5, 0.6) is 0 Å². The molecule has 1 aromatic carbocycles. The molecule has 3 aliphatic rings. The van der Waals surface area contributed by atoms with Gasteiger partial charge in [0.25, 0.3) is 5.91 Å². The van der Waals surface area contributed by atoms with Crippen LogP contribution in [-0.4, -0.2) is 30.2 Å². The van der Waals surface area contributed by atoms with E-state index in [4.69, 9.17) is 0 Å². The molecule has 4 rings (SSSR count). The highest BCUT2D eigenvalue weighted by atomic mass is 16.3. The van der Waals surface area contributed by atoms with Gasteiger partial charge < -0.3 is 15.7 Å². The Kier molecular flexibility index (Phi) is 6.49. The van der Waals surface area contributed by atoms with Gasteiger partial charge in [0, 0.05) is 23.8 Å². The van der Waals surface area contributed by atoms with E-state index in [2.05, 4.69) is 43.6 Å². The van der Waals surface area contributed by atoms with E-state index in [1.807, 2.05) is 30.3 Å². The summed E-state index contributed by atoms with van der Waals surface area (Å²) in [7, 11) is 0.